The summed E-state index contributed by atoms with van der Waals surface area (Å²) in [6.07, 6.45) is 0.869. The number of carbonyl (C=O) groups excluding carboxylic acids is 2. The monoisotopic (exact) mass is 449 g/mol. The number of rotatable bonds is 4. The Labute approximate surface area is 180 Å². The molecule has 0 bridgehead atoms. The van der Waals surface area contributed by atoms with E-state index in [0.717, 1.165) is 24.0 Å². The molecule has 166 valence electrons. The number of anilines is 3. The first-order valence-corrected chi connectivity index (χ1v) is 11.4. The quantitative estimate of drug-likeness (QED) is 0.740. The van der Waals surface area contributed by atoms with Crippen LogP contribution in [0.2, 0.25) is 0 Å². The van der Waals surface area contributed by atoms with Gasteiger partial charge in [-0.2, -0.15) is 0 Å². The number of benzene rings is 2. The van der Waals surface area contributed by atoms with Gasteiger partial charge in [-0.3, -0.25) is 14.4 Å². The number of carbonyl (C=O) groups is 2. The Morgan fingerprint density at radius 3 is 2.42 bits per heavy atom. The molecule has 2 amide bonds. The third kappa shape index (κ3) is 5.52. The van der Waals surface area contributed by atoms with E-state index in [1.165, 1.54) is 16.4 Å². The Morgan fingerprint density at radius 2 is 1.77 bits per heavy atom. The van der Waals surface area contributed by atoms with E-state index in [4.69, 9.17) is 4.74 Å². The van der Waals surface area contributed by atoms with E-state index < -0.39 is 33.4 Å². The summed E-state index contributed by atoms with van der Waals surface area (Å²) in [5, 5.41) is 5.09. The molecule has 0 aliphatic carbocycles. The van der Waals surface area contributed by atoms with Crippen LogP contribution in [0.15, 0.2) is 36.4 Å². The van der Waals surface area contributed by atoms with E-state index in [-0.39, 0.29) is 16.9 Å². The first-order valence-electron chi connectivity index (χ1n) is 9.55. The molecule has 2 aromatic carbocycles. The maximum atomic E-state index is 13.8. The van der Waals surface area contributed by atoms with E-state index in [1.54, 1.807) is 32.9 Å². The molecule has 1 aliphatic rings. The molecular formula is C21H24FN3O5S. The number of fused-ring (bicyclic) bond motifs is 1. The minimum absolute atomic E-state index is 0.0640. The molecule has 3 rings (SSSR count). The molecule has 2 aromatic rings. The number of nitrogens with one attached hydrogen (secondary N) is 2. The number of nitrogens with zero attached hydrogens (tertiary/aromatic N) is 1. The molecule has 10 heteroatoms. The van der Waals surface area contributed by atoms with Gasteiger partial charge in [0.1, 0.15) is 11.4 Å². The zero-order chi connectivity index (χ0) is 23.0. The second-order valence-corrected chi connectivity index (χ2v) is 10.1. The fourth-order valence-corrected chi connectivity index (χ4v) is 4.15. The lowest BCUT2D eigenvalue weighted by Crippen LogP contribution is -2.27. The molecule has 0 spiro atoms. The van der Waals surface area contributed by atoms with E-state index >= 15 is 0 Å². The summed E-state index contributed by atoms with van der Waals surface area (Å²) in [4.78, 5) is 24.8. The van der Waals surface area contributed by atoms with Crippen LogP contribution in [0.25, 0.3) is 0 Å². The molecule has 0 aromatic heterocycles. The molecule has 2 N–H and O–H groups in total. The number of hydrogen-bond donors (Lipinski definition) is 2. The molecule has 1 heterocycles. The highest BCUT2D eigenvalue weighted by molar-refractivity contribution is 7.92. The molecule has 1 aliphatic heterocycles. The van der Waals surface area contributed by atoms with Crippen LogP contribution in [-0.4, -0.2) is 38.8 Å². The summed E-state index contributed by atoms with van der Waals surface area (Å²) in [5.41, 5.74) is 1.06. The zero-order valence-electron chi connectivity index (χ0n) is 17.7. The normalized spacial score (nSPS) is 13.5. The lowest BCUT2D eigenvalue weighted by Gasteiger charge is -2.20. The number of amides is 2. The summed E-state index contributed by atoms with van der Waals surface area (Å²) < 4.78 is 44.0. The molecule has 0 radical (unpaired) electrons. The van der Waals surface area contributed by atoms with E-state index in [2.05, 4.69) is 10.6 Å². The lowest BCUT2D eigenvalue weighted by atomic mass is 10.1. The van der Waals surface area contributed by atoms with Gasteiger partial charge in [-0.1, -0.05) is 0 Å². The Kier molecular flexibility index (Phi) is 5.95. The summed E-state index contributed by atoms with van der Waals surface area (Å²) >= 11 is 0. The molecule has 0 saturated carbocycles. The average molecular weight is 450 g/mol. The highest BCUT2D eigenvalue weighted by Gasteiger charge is 2.27. The number of ether oxygens (including phenoxy) is 1. The van der Waals surface area contributed by atoms with Crippen molar-refractivity contribution >= 4 is 39.1 Å². The predicted octanol–water partition coefficient (Wildman–Crippen LogP) is 3.75. The van der Waals surface area contributed by atoms with Gasteiger partial charge in [0.15, 0.2) is 0 Å². The van der Waals surface area contributed by atoms with Crippen LogP contribution in [0.1, 0.15) is 36.7 Å². The molecular weight excluding hydrogens is 425 g/mol. The van der Waals surface area contributed by atoms with Crippen molar-refractivity contribution in [3.8, 4) is 0 Å². The molecule has 31 heavy (non-hydrogen) atoms. The van der Waals surface area contributed by atoms with Crippen molar-refractivity contribution < 1.29 is 27.1 Å². The van der Waals surface area contributed by atoms with Gasteiger partial charge in [0.25, 0.3) is 5.91 Å². The van der Waals surface area contributed by atoms with Crippen molar-refractivity contribution in [3.05, 3.63) is 53.3 Å². The van der Waals surface area contributed by atoms with Crippen LogP contribution in [0.4, 0.5) is 26.2 Å². The van der Waals surface area contributed by atoms with Gasteiger partial charge in [0.2, 0.25) is 10.0 Å². The highest BCUT2D eigenvalue weighted by Crippen LogP contribution is 2.31. The van der Waals surface area contributed by atoms with Gasteiger partial charge in [-0.05, 0) is 69.2 Å². The third-order valence-electron chi connectivity index (χ3n) is 4.46. The maximum absolute atomic E-state index is 13.8. The zero-order valence-corrected chi connectivity index (χ0v) is 18.5. The van der Waals surface area contributed by atoms with Crippen molar-refractivity contribution in [3.63, 3.8) is 0 Å². The van der Waals surface area contributed by atoms with Crippen molar-refractivity contribution in [1.29, 1.82) is 0 Å². The SMILES string of the molecule is CC(C)(C)OC(=O)Nc1ccc(F)cc1NC(=O)c1ccc2c(c1)CCN2S(C)(=O)=O. The Bertz CT molecular complexity index is 1140. The summed E-state index contributed by atoms with van der Waals surface area (Å²) in [5.74, 6) is -1.12. The Morgan fingerprint density at radius 1 is 1.06 bits per heavy atom. The summed E-state index contributed by atoms with van der Waals surface area (Å²) in [6.45, 7) is 5.43. The van der Waals surface area contributed by atoms with Crippen LogP contribution in [0.3, 0.4) is 0 Å². The topological polar surface area (TPSA) is 105 Å². The molecule has 0 fully saturated rings. The maximum Gasteiger partial charge on any atom is 0.412 e. The fourth-order valence-electron chi connectivity index (χ4n) is 3.19. The molecule has 0 saturated heterocycles. The minimum atomic E-state index is -3.39. The van der Waals surface area contributed by atoms with Crippen molar-refractivity contribution in [2.24, 2.45) is 0 Å². The average Bonchev–Trinajstić information content (AvgIpc) is 3.06. The van der Waals surface area contributed by atoms with Gasteiger partial charge < -0.3 is 10.1 Å². The highest BCUT2D eigenvalue weighted by atomic mass is 32.2. The summed E-state index contributed by atoms with van der Waals surface area (Å²) in [6, 6.07) is 8.24. The van der Waals surface area contributed by atoms with Gasteiger partial charge in [-0.25, -0.2) is 17.6 Å². The predicted molar refractivity (Wildman–Crippen MR) is 117 cm³/mol. The molecule has 8 nitrogen and oxygen atoms in total. The van der Waals surface area contributed by atoms with Crippen LogP contribution >= 0.6 is 0 Å². The Hall–Kier alpha value is -3.14. The number of hydrogen-bond acceptors (Lipinski definition) is 5. The number of sulfonamides is 1. The summed E-state index contributed by atoms with van der Waals surface area (Å²) in [7, 11) is -3.39. The fraction of sp³-hybridized carbons (Fsp3) is 0.333. The van der Waals surface area contributed by atoms with E-state index in [0.29, 0.717) is 18.7 Å². The van der Waals surface area contributed by atoms with Crippen molar-refractivity contribution in [2.45, 2.75) is 32.8 Å². The van der Waals surface area contributed by atoms with E-state index in [9.17, 15) is 22.4 Å². The smallest absolute Gasteiger partial charge is 0.412 e. The Balaban J connectivity index is 1.81. The van der Waals surface area contributed by atoms with Gasteiger partial charge in [0.05, 0.1) is 23.3 Å². The van der Waals surface area contributed by atoms with Crippen LogP contribution in [0.5, 0.6) is 0 Å². The van der Waals surface area contributed by atoms with Gasteiger partial charge in [0, 0.05) is 12.1 Å². The first-order chi connectivity index (χ1) is 14.3. The van der Waals surface area contributed by atoms with Crippen molar-refractivity contribution in [1.82, 2.24) is 0 Å². The van der Waals surface area contributed by atoms with Gasteiger partial charge >= 0.3 is 6.09 Å². The molecule has 0 unspecified atom stereocenters. The van der Waals surface area contributed by atoms with Crippen molar-refractivity contribution in [2.75, 3.05) is 27.7 Å². The molecule has 0 atom stereocenters. The second-order valence-electron chi connectivity index (χ2n) is 8.20. The first kappa shape index (κ1) is 22.5. The lowest BCUT2D eigenvalue weighted by molar-refractivity contribution is 0.0635. The standard InChI is InChI=1S/C21H24FN3O5S/c1-21(2,3)30-20(27)24-16-7-6-15(22)12-17(16)23-19(26)14-5-8-18-13(11-14)9-10-25(18)31(4,28)29/h5-8,11-12H,9-10H2,1-4H3,(H,23,26)(H,24,27). The van der Waals surface area contributed by atoms with Crippen LogP contribution in [0, 0.1) is 5.82 Å². The third-order valence-corrected chi connectivity index (χ3v) is 5.64. The second kappa shape index (κ2) is 8.18. The minimum Gasteiger partial charge on any atom is -0.444 e. The van der Waals surface area contributed by atoms with Gasteiger partial charge in [-0.15, -0.1) is 0 Å². The largest absolute Gasteiger partial charge is 0.444 e. The number of halogens is 1. The van der Waals surface area contributed by atoms with Crippen LogP contribution < -0.4 is 14.9 Å². The van der Waals surface area contributed by atoms with Crippen LogP contribution in [-0.2, 0) is 21.2 Å². The van der Waals surface area contributed by atoms with E-state index in [1.807, 2.05) is 0 Å².